The maximum absolute atomic E-state index is 11.0. The zero-order chi connectivity index (χ0) is 10.7. The Morgan fingerprint density at radius 3 is 2.67 bits per heavy atom. The van der Waals surface area contributed by atoms with Crippen LogP contribution in [0.3, 0.4) is 0 Å². The van der Waals surface area contributed by atoms with E-state index in [2.05, 4.69) is 19.1 Å². The zero-order valence-electron chi connectivity index (χ0n) is 9.03. The molecule has 0 radical (unpaired) electrons. The van der Waals surface area contributed by atoms with Crippen LogP contribution < -0.4 is 0 Å². The Hall–Kier alpha value is -1.31. The van der Waals surface area contributed by atoms with Crippen LogP contribution in [0.25, 0.3) is 0 Å². The second-order valence-corrected chi connectivity index (χ2v) is 4.63. The number of cyclic esters (lactones) is 1. The monoisotopic (exact) mass is 204 g/mol. The van der Waals surface area contributed by atoms with E-state index in [4.69, 9.17) is 4.74 Å². The summed E-state index contributed by atoms with van der Waals surface area (Å²) in [5, 5.41) is 0. The molecule has 1 heterocycles. The number of hydrogen-bond donors (Lipinski definition) is 0. The molecule has 0 saturated carbocycles. The van der Waals surface area contributed by atoms with E-state index < -0.39 is 0 Å². The van der Waals surface area contributed by atoms with Crippen LogP contribution in [0.4, 0.5) is 0 Å². The summed E-state index contributed by atoms with van der Waals surface area (Å²) in [5.74, 6) is -0.0504. The molecule has 0 N–H and O–H groups in total. The van der Waals surface area contributed by atoms with Gasteiger partial charge in [0.05, 0.1) is 13.0 Å². The number of hydrogen-bond acceptors (Lipinski definition) is 2. The van der Waals surface area contributed by atoms with Gasteiger partial charge in [0.15, 0.2) is 0 Å². The first kappa shape index (κ1) is 10.2. The second-order valence-electron chi connectivity index (χ2n) is 4.63. The average Bonchev–Trinajstić information content (AvgIpc) is 2.58. The number of aryl methyl sites for hydroxylation is 1. The van der Waals surface area contributed by atoms with Gasteiger partial charge in [0.2, 0.25) is 0 Å². The molecule has 2 heteroatoms. The maximum atomic E-state index is 11.0. The molecule has 1 saturated heterocycles. The first-order chi connectivity index (χ1) is 7.18. The first-order valence-electron chi connectivity index (χ1n) is 5.38. The van der Waals surface area contributed by atoms with Crippen molar-refractivity contribution in [1.29, 1.82) is 0 Å². The molecule has 1 aliphatic heterocycles. The van der Waals surface area contributed by atoms with E-state index in [9.17, 15) is 4.79 Å². The molecule has 1 aromatic rings. The topological polar surface area (TPSA) is 26.3 Å². The van der Waals surface area contributed by atoms with Gasteiger partial charge < -0.3 is 4.74 Å². The molecule has 0 aliphatic carbocycles. The highest BCUT2D eigenvalue weighted by molar-refractivity contribution is 5.72. The van der Waals surface area contributed by atoms with Gasteiger partial charge >= 0.3 is 5.97 Å². The summed E-state index contributed by atoms with van der Waals surface area (Å²) < 4.78 is 5.02. The standard InChI is InChI=1S/C13H16O2/c1-13(9-12(14)15-10-13)8-7-11-5-3-2-4-6-11/h2-6H,7-10H2,1H3/t13-/m0/s1. The van der Waals surface area contributed by atoms with E-state index in [0.29, 0.717) is 13.0 Å². The fraction of sp³-hybridized carbons (Fsp3) is 0.462. The molecule has 2 nitrogen and oxygen atoms in total. The van der Waals surface area contributed by atoms with Crippen LogP contribution in [0.15, 0.2) is 30.3 Å². The smallest absolute Gasteiger partial charge is 0.306 e. The van der Waals surface area contributed by atoms with E-state index in [1.807, 2.05) is 18.2 Å². The zero-order valence-corrected chi connectivity index (χ0v) is 9.03. The van der Waals surface area contributed by atoms with Crippen molar-refractivity contribution in [1.82, 2.24) is 0 Å². The molecule has 0 amide bonds. The fourth-order valence-corrected chi connectivity index (χ4v) is 1.96. The third-order valence-corrected chi connectivity index (χ3v) is 3.01. The lowest BCUT2D eigenvalue weighted by molar-refractivity contribution is -0.137. The van der Waals surface area contributed by atoms with Crippen LogP contribution in [0, 0.1) is 5.41 Å². The van der Waals surface area contributed by atoms with Crippen molar-refractivity contribution in [3.63, 3.8) is 0 Å². The highest BCUT2D eigenvalue weighted by Crippen LogP contribution is 2.33. The number of benzene rings is 1. The molecule has 0 aromatic heterocycles. The summed E-state index contributed by atoms with van der Waals surface area (Å²) in [5.41, 5.74) is 1.38. The summed E-state index contributed by atoms with van der Waals surface area (Å²) in [6.45, 7) is 2.71. The molecular formula is C13H16O2. The van der Waals surface area contributed by atoms with E-state index in [0.717, 1.165) is 12.8 Å². The molecule has 1 atom stereocenters. The molecule has 80 valence electrons. The Bertz CT molecular complexity index is 345. The molecule has 1 fully saturated rings. The molecule has 0 spiro atoms. The Morgan fingerprint density at radius 1 is 1.33 bits per heavy atom. The quantitative estimate of drug-likeness (QED) is 0.707. The van der Waals surface area contributed by atoms with Gasteiger partial charge in [-0.15, -0.1) is 0 Å². The Balaban J connectivity index is 1.91. The Morgan fingerprint density at radius 2 is 2.07 bits per heavy atom. The second kappa shape index (κ2) is 4.05. The van der Waals surface area contributed by atoms with Gasteiger partial charge in [0.25, 0.3) is 0 Å². The van der Waals surface area contributed by atoms with Crippen LogP contribution in [0.1, 0.15) is 25.3 Å². The SMILES string of the molecule is C[C@@]1(CCc2ccccc2)COC(=O)C1. The molecular weight excluding hydrogens is 188 g/mol. The van der Waals surface area contributed by atoms with E-state index in [1.165, 1.54) is 5.56 Å². The molecule has 15 heavy (non-hydrogen) atoms. The predicted molar refractivity (Wildman–Crippen MR) is 58.4 cm³/mol. The van der Waals surface area contributed by atoms with Crippen molar-refractivity contribution < 1.29 is 9.53 Å². The Labute approximate surface area is 90.3 Å². The van der Waals surface area contributed by atoms with Crippen LogP contribution in [0.5, 0.6) is 0 Å². The van der Waals surface area contributed by atoms with Gasteiger partial charge in [-0.05, 0) is 18.4 Å². The van der Waals surface area contributed by atoms with Crippen molar-refractivity contribution in [3.8, 4) is 0 Å². The van der Waals surface area contributed by atoms with Gasteiger partial charge in [0.1, 0.15) is 0 Å². The third-order valence-electron chi connectivity index (χ3n) is 3.01. The van der Waals surface area contributed by atoms with Crippen molar-refractivity contribution in [3.05, 3.63) is 35.9 Å². The predicted octanol–water partition coefficient (Wildman–Crippen LogP) is 2.57. The largest absolute Gasteiger partial charge is 0.465 e. The fourth-order valence-electron chi connectivity index (χ4n) is 1.96. The minimum absolute atomic E-state index is 0.0485. The average molecular weight is 204 g/mol. The van der Waals surface area contributed by atoms with Gasteiger partial charge in [0, 0.05) is 5.41 Å². The molecule has 2 rings (SSSR count). The highest BCUT2D eigenvalue weighted by atomic mass is 16.5. The number of ether oxygens (including phenoxy) is 1. The molecule has 1 aliphatic rings. The van der Waals surface area contributed by atoms with Crippen LogP contribution in [-0.4, -0.2) is 12.6 Å². The first-order valence-corrected chi connectivity index (χ1v) is 5.38. The number of carbonyl (C=O) groups is 1. The minimum Gasteiger partial charge on any atom is -0.465 e. The highest BCUT2D eigenvalue weighted by Gasteiger charge is 2.35. The molecule has 0 unspecified atom stereocenters. The van der Waals surface area contributed by atoms with Crippen molar-refractivity contribution in [2.75, 3.05) is 6.61 Å². The van der Waals surface area contributed by atoms with E-state index >= 15 is 0 Å². The summed E-state index contributed by atoms with van der Waals surface area (Å²) in [6, 6.07) is 10.4. The maximum Gasteiger partial charge on any atom is 0.306 e. The Kier molecular flexibility index (Phi) is 2.76. The van der Waals surface area contributed by atoms with Gasteiger partial charge in [-0.25, -0.2) is 0 Å². The summed E-state index contributed by atoms with van der Waals surface area (Å²) in [6.07, 6.45) is 2.61. The van der Waals surface area contributed by atoms with Crippen molar-refractivity contribution in [2.45, 2.75) is 26.2 Å². The van der Waals surface area contributed by atoms with Crippen molar-refractivity contribution in [2.24, 2.45) is 5.41 Å². The lowest BCUT2D eigenvalue weighted by Crippen LogP contribution is -2.17. The van der Waals surface area contributed by atoms with E-state index in [1.54, 1.807) is 0 Å². The number of carbonyl (C=O) groups excluding carboxylic acids is 1. The molecule has 0 bridgehead atoms. The lowest BCUT2D eigenvalue weighted by atomic mass is 9.83. The van der Waals surface area contributed by atoms with Gasteiger partial charge in [-0.3, -0.25) is 4.79 Å². The van der Waals surface area contributed by atoms with Gasteiger partial charge in [-0.1, -0.05) is 37.3 Å². The van der Waals surface area contributed by atoms with Crippen LogP contribution >= 0.6 is 0 Å². The summed E-state index contributed by atoms with van der Waals surface area (Å²) in [7, 11) is 0. The molecule has 1 aromatic carbocycles. The third kappa shape index (κ3) is 2.58. The normalized spacial score (nSPS) is 25.3. The number of esters is 1. The van der Waals surface area contributed by atoms with Crippen LogP contribution in [0.2, 0.25) is 0 Å². The van der Waals surface area contributed by atoms with Crippen molar-refractivity contribution >= 4 is 5.97 Å². The van der Waals surface area contributed by atoms with E-state index in [-0.39, 0.29) is 11.4 Å². The lowest BCUT2D eigenvalue weighted by Gasteiger charge is -2.19. The number of rotatable bonds is 3. The summed E-state index contributed by atoms with van der Waals surface area (Å²) >= 11 is 0. The summed E-state index contributed by atoms with van der Waals surface area (Å²) in [4.78, 5) is 11.0. The van der Waals surface area contributed by atoms with Gasteiger partial charge in [-0.2, -0.15) is 0 Å². The minimum atomic E-state index is -0.0504. The van der Waals surface area contributed by atoms with Crippen LogP contribution in [-0.2, 0) is 16.0 Å².